The number of amides is 7. The fraction of sp³-hybridized carbons (Fsp3) is 0.415. The van der Waals surface area contributed by atoms with Gasteiger partial charge in [-0.3, -0.25) is 67.5 Å². The van der Waals surface area contributed by atoms with Crippen molar-refractivity contribution in [2.24, 2.45) is 0 Å². The number of nitrogens with one attached hydrogen (secondary N) is 2. The normalized spacial score (nSPS) is 15.5. The Morgan fingerprint density at radius 3 is 1.49 bits per heavy atom. The zero-order valence-electron chi connectivity index (χ0n) is 78.9. The molecule has 2 atom stereocenters. The van der Waals surface area contributed by atoms with Crippen LogP contribution in [0, 0.1) is 71.5 Å². The number of pyridine rings is 2. The molecule has 1 saturated carbocycles. The van der Waals surface area contributed by atoms with Crippen LogP contribution in [0.5, 0.6) is 23.0 Å². The summed E-state index contributed by atoms with van der Waals surface area (Å²) >= 11 is 3.34. The predicted octanol–water partition coefficient (Wildman–Crippen LogP) is 13.9. The smallest absolute Gasteiger partial charge is 0.305 e. The molecular formula is C106H118FN11O19S2. The summed E-state index contributed by atoms with van der Waals surface area (Å²) in [5.41, 5.74) is 16.2. The van der Waals surface area contributed by atoms with Gasteiger partial charge in [0.15, 0.2) is 28.9 Å². The molecule has 4 aromatic carbocycles. The number of nitrogens with two attached hydrogens (primary N) is 2. The third-order valence-corrected chi connectivity index (χ3v) is 24.7. The lowest BCUT2D eigenvalue weighted by Gasteiger charge is -2.31. The first-order chi connectivity index (χ1) is 66.9. The van der Waals surface area contributed by atoms with Crippen molar-refractivity contribution in [2.75, 3.05) is 84.4 Å². The van der Waals surface area contributed by atoms with E-state index in [2.05, 4.69) is 90.7 Å². The zero-order valence-corrected chi connectivity index (χ0v) is 79.5. The highest BCUT2D eigenvalue weighted by atomic mass is 32.1. The van der Waals surface area contributed by atoms with Gasteiger partial charge in [-0.1, -0.05) is 86.3 Å². The van der Waals surface area contributed by atoms with Gasteiger partial charge in [-0.05, 0) is 232 Å². The highest BCUT2D eigenvalue weighted by Gasteiger charge is 2.48. The number of halogens is 1. The lowest BCUT2D eigenvalue weighted by Crippen LogP contribution is -2.54. The number of alkyl halides is 1. The van der Waals surface area contributed by atoms with E-state index >= 15 is 0 Å². The molecule has 0 bridgehead atoms. The number of rotatable bonds is 34. The van der Waals surface area contributed by atoms with Gasteiger partial charge < -0.3 is 65.4 Å². The van der Waals surface area contributed by atoms with Crippen LogP contribution in [-0.4, -0.2) is 205 Å². The maximum atomic E-state index is 13.3. The van der Waals surface area contributed by atoms with E-state index in [0.29, 0.717) is 99.7 Å². The van der Waals surface area contributed by atoms with Crippen LogP contribution in [0.3, 0.4) is 0 Å². The van der Waals surface area contributed by atoms with Crippen LogP contribution in [-0.2, 0) is 51.5 Å². The number of ketones is 2. The van der Waals surface area contributed by atoms with Gasteiger partial charge >= 0.3 is 5.97 Å². The number of piperidine rings is 3. The molecule has 0 spiro atoms. The van der Waals surface area contributed by atoms with Gasteiger partial charge in [0.25, 0.3) is 23.6 Å². The van der Waals surface area contributed by atoms with Crippen LogP contribution in [0.15, 0.2) is 122 Å². The number of nitrogen functional groups attached to an aromatic ring is 2. The number of benzene rings is 4. The van der Waals surface area contributed by atoms with Crippen molar-refractivity contribution >= 4 is 93.2 Å². The third kappa shape index (κ3) is 33.2. The van der Waals surface area contributed by atoms with E-state index in [1.165, 1.54) is 11.1 Å². The molecule has 33 heteroatoms. The second kappa shape index (κ2) is 54.8. The van der Waals surface area contributed by atoms with Gasteiger partial charge in [0.2, 0.25) is 17.7 Å². The second-order valence-corrected chi connectivity index (χ2v) is 35.9. The number of carboxylic acid groups (broad SMARTS) is 1. The summed E-state index contributed by atoms with van der Waals surface area (Å²) in [6, 6.07) is 26.9. The average molecular weight is 1930 g/mol. The van der Waals surface area contributed by atoms with E-state index < -0.39 is 77.6 Å². The molecule has 0 radical (unpaired) electrons. The number of aliphatic hydroxyl groups is 2. The Morgan fingerprint density at radius 2 is 1.01 bits per heavy atom. The van der Waals surface area contributed by atoms with E-state index in [4.69, 9.17) is 57.8 Å². The summed E-state index contributed by atoms with van der Waals surface area (Å²) in [4.78, 5) is 147. The maximum Gasteiger partial charge on any atom is 0.305 e. The molecule has 3 saturated heterocycles. The van der Waals surface area contributed by atoms with Crippen molar-refractivity contribution in [2.45, 2.75) is 212 Å². The molecule has 139 heavy (non-hydrogen) atoms. The number of hydrogen-bond donors (Lipinski definition) is 7. The fourth-order valence-corrected chi connectivity index (χ4v) is 17.4. The number of carbonyl (C=O) groups is 10. The molecule has 7 amide bonds. The Bertz CT molecular complexity index is 6090. The van der Waals surface area contributed by atoms with Crippen molar-refractivity contribution in [3.8, 4) is 115 Å². The number of carboxylic acids is 1. The molecule has 9 heterocycles. The summed E-state index contributed by atoms with van der Waals surface area (Å²) in [5, 5.41) is 36.1. The summed E-state index contributed by atoms with van der Waals surface area (Å²) in [6.07, 6.45) is 23.3. The number of carbonyl (C=O) groups excluding carboxylic acids is 9. The lowest BCUT2D eigenvalue weighted by atomic mass is 9.92. The molecule has 6 aliphatic rings. The maximum absolute atomic E-state index is 13.3. The number of thiazole rings is 2. The number of terminal acetylenes is 1. The van der Waals surface area contributed by atoms with Crippen LogP contribution in [0.1, 0.15) is 251 Å². The summed E-state index contributed by atoms with van der Waals surface area (Å²) in [6.45, 7) is 14.7. The van der Waals surface area contributed by atoms with Crippen LogP contribution in [0.25, 0.3) is 20.9 Å². The highest BCUT2D eigenvalue weighted by molar-refractivity contribution is 7.15. The third-order valence-electron chi connectivity index (χ3n) is 22.3. The van der Waals surface area contributed by atoms with E-state index in [0.717, 1.165) is 148 Å². The molecule has 4 aromatic heterocycles. The molecular weight excluding hydrogens is 1810 g/mol. The first kappa shape index (κ1) is 107. The Hall–Kier alpha value is -14.0. The number of unbranched alkanes of at least 4 members (excludes halogenated alkanes) is 6. The summed E-state index contributed by atoms with van der Waals surface area (Å²) < 4.78 is 50.3. The topological polar surface area (TPSA) is 424 Å². The highest BCUT2D eigenvalue weighted by Crippen LogP contribution is 2.41. The number of nitrogens with zero attached hydrogens (tertiary/aromatic N) is 7. The van der Waals surface area contributed by atoms with Crippen LogP contribution in [0.2, 0.25) is 0 Å². The molecule has 730 valence electrons. The summed E-state index contributed by atoms with van der Waals surface area (Å²) in [7, 11) is -1.00. The van der Waals surface area contributed by atoms with Gasteiger partial charge in [-0.15, -0.1) is 29.1 Å². The number of ether oxygens (including phenoxy) is 6. The van der Waals surface area contributed by atoms with Gasteiger partial charge in [-0.25, -0.2) is 19.9 Å². The molecule has 14 rings (SSSR count). The summed E-state index contributed by atoms with van der Waals surface area (Å²) in [5.74, 6) is 27.0. The molecule has 8 aromatic rings. The Balaban J connectivity index is 0.000000238. The average Bonchev–Trinajstić information content (AvgIpc) is 1.60. The Morgan fingerprint density at radius 1 is 0.554 bits per heavy atom. The molecule has 1 aliphatic carbocycles. The number of aromatic nitrogens is 4. The number of aliphatic carboxylic acids is 1. The minimum Gasteiger partial charge on any atom is -0.493 e. The van der Waals surface area contributed by atoms with Gasteiger partial charge in [0.05, 0.1) is 102 Å². The molecule has 4 fully saturated rings. The monoisotopic (exact) mass is 1930 g/mol. The standard InChI is InChI=1S/C48H53N5O9S.C25H28N4O2S.C22H26N2O8.C9H4.CH3F.CH4/c1-48(2,59)19-15-31-9-7-10-32(25-31)30-62-40-26-34(28-50-44(40)49)41-29-51-45(63-41)33-16-20-52(21-17-33)42(56)18-24-60-22-5-3-4-6-23-61-39-12-8-11-36-43(39)47(58)53(46(36)57)37-14-13-35(54)27-38(37)55;1-25(2,30)9-6-17-4-3-5-18(12-17)16-31-21-13-20(14-28-23(21)26)22-15-29-24(32-22)19-7-10-27-11-8-19;25-17-9-8-15(20(28)23-17)24-21(29)14-6-5-7-16(19(14)22(24)30)32-12-4-2-1-3-11-31-13-10-18(26)27;1-3-5-7-9-8-6-4-2;1-2;/h7-12,25-26,28-29,33,37,59H,3-6,13-14,16-18,20-24,27,30H2,1-2H3,(H2,49,50);3-5,12-15,19,27,30H,7-8,10-11,16H2,1-2H3,(H2,26,28);5-7,15H,1-4,8-13H2,(H,26,27)(H,23,25,28);1H,2H3;1H3;1H4/i;;;;1D;. The van der Waals surface area contributed by atoms with Gasteiger partial charge in [0.1, 0.15) is 47.7 Å². The van der Waals surface area contributed by atoms with Crippen LogP contribution >= 0.6 is 22.7 Å². The quantitative estimate of drug-likeness (QED) is 0.00852. The van der Waals surface area contributed by atoms with Crippen molar-refractivity contribution < 1.29 is 97.4 Å². The predicted molar refractivity (Wildman–Crippen MR) is 527 cm³/mol. The molecule has 2 unspecified atom stereocenters. The largest absolute Gasteiger partial charge is 0.493 e. The van der Waals surface area contributed by atoms with Crippen LogP contribution in [0.4, 0.5) is 16.0 Å². The fourth-order valence-electron chi connectivity index (χ4n) is 15.3. The van der Waals surface area contributed by atoms with Crippen molar-refractivity contribution in [1.29, 1.82) is 0 Å². The Kier molecular flexibility index (Phi) is 42.2. The first-order valence-corrected chi connectivity index (χ1v) is 47.2. The molecule has 5 aliphatic heterocycles. The number of hydrogen-bond acceptors (Lipinski definition) is 27. The minimum atomic E-state index is -1.08. The van der Waals surface area contributed by atoms with E-state index in [1.54, 1.807) is 100 Å². The molecule has 9 N–H and O–H groups in total. The van der Waals surface area contributed by atoms with E-state index in [-0.39, 0.29) is 99.0 Å². The number of imide groups is 3. The van der Waals surface area contributed by atoms with E-state index in [1.807, 2.05) is 78.0 Å². The van der Waals surface area contributed by atoms with Crippen molar-refractivity contribution in [3.05, 3.63) is 176 Å². The number of likely N-dealkylation sites (tertiary alicyclic amines) is 1. The van der Waals surface area contributed by atoms with Crippen LogP contribution < -0.4 is 41.0 Å². The van der Waals surface area contributed by atoms with Gasteiger partial charge in [0, 0.05) is 98.0 Å². The number of fused-ring (bicyclic) bond motifs is 2. The lowest BCUT2D eigenvalue weighted by molar-refractivity contribution is -0.138. The minimum absolute atomic E-state index is 0. The second-order valence-electron chi connectivity index (χ2n) is 33.8. The van der Waals surface area contributed by atoms with Crippen molar-refractivity contribution in [1.82, 2.24) is 45.3 Å². The zero-order chi connectivity index (χ0) is 99.8. The van der Waals surface area contributed by atoms with Crippen molar-refractivity contribution in [3.63, 3.8) is 0 Å². The first-order valence-electron chi connectivity index (χ1n) is 46.3. The van der Waals surface area contributed by atoms with Gasteiger partial charge in [-0.2, -0.15) is 0 Å². The van der Waals surface area contributed by atoms with E-state index in [9.17, 15) is 62.5 Å². The number of anilines is 2. The molecule has 30 nitrogen and oxygen atoms in total. The SMILES string of the molecule is C.C#CC#CC#CC#CC.CC(C)(O)C#Cc1cccc(COc2cc(-c3cnc(C4CCN(C(=O)CCOCCCCCCOc5cccc6c5C(=O)N(C5CCC(=O)CC5=O)C6=O)CC4)s3)cnc2N)c1.CC(C)(O)C#Cc1cccc(COc2cc(-c3cnc(C4CCNCC4)s3)cnc2N)c1.O=C(O)CCOCCCCCCOc1cccc2c1C(=O)N(C1CCC(=O)NC1=O)C2=O.[2H]CF. The Labute approximate surface area is 819 Å². The number of Topliss-reactive ketones (excluding diaryl/α,β-unsaturated/α-hetero) is 2.